The molecule has 2 aromatic heterocycles. The Bertz CT molecular complexity index is 1180. The lowest BCUT2D eigenvalue weighted by molar-refractivity contribution is 0.0693. The zero-order chi connectivity index (χ0) is 21.3. The molecular formula is C17H15F2N5O3S3. The highest BCUT2D eigenvalue weighted by Gasteiger charge is 2.33. The lowest BCUT2D eigenvalue weighted by Crippen LogP contribution is -2.50. The summed E-state index contributed by atoms with van der Waals surface area (Å²) in [5.74, 6) is -3.15. The van der Waals surface area contributed by atoms with Gasteiger partial charge in [-0.15, -0.1) is 0 Å². The normalized spacial score (nSPS) is 15.8. The maximum absolute atomic E-state index is 13.1. The van der Waals surface area contributed by atoms with E-state index in [0.29, 0.717) is 11.0 Å². The number of piperazine rings is 1. The zero-order valence-corrected chi connectivity index (χ0v) is 17.8. The number of rotatable bonds is 5. The van der Waals surface area contributed by atoms with E-state index >= 15 is 0 Å². The second-order valence-electron chi connectivity index (χ2n) is 6.32. The van der Waals surface area contributed by atoms with Gasteiger partial charge in [0.05, 0.1) is 17.3 Å². The second-order valence-corrected chi connectivity index (χ2v) is 9.73. The first-order chi connectivity index (χ1) is 14.4. The molecule has 1 fully saturated rings. The van der Waals surface area contributed by atoms with E-state index < -0.39 is 21.7 Å². The third kappa shape index (κ3) is 4.02. The van der Waals surface area contributed by atoms with E-state index in [1.165, 1.54) is 33.6 Å². The minimum atomic E-state index is -3.81. The Balaban J connectivity index is 1.50. The van der Waals surface area contributed by atoms with Crippen LogP contribution in [-0.2, 0) is 10.0 Å². The molecule has 1 amide bonds. The first-order valence-corrected chi connectivity index (χ1v) is 11.8. The highest BCUT2D eigenvalue weighted by molar-refractivity contribution is 7.99. The fourth-order valence-electron chi connectivity index (χ4n) is 3.16. The second kappa shape index (κ2) is 8.49. The number of carbonyl (C=O) groups is 1. The van der Waals surface area contributed by atoms with Crippen LogP contribution in [0.4, 0.5) is 8.78 Å². The summed E-state index contributed by atoms with van der Waals surface area (Å²) in [6, 6.07) is 7.74. The number of carbonyl (C=O) groups excluding carboxylic acids is 1. The molecular weight excluding hydrogens is 456 g/mol. The summed E-state index contributed by atoms with van der Waals surface area (Å²) in [5.41, 5.74) is 0.915. The molecule has 4 rings (SSSR count). The van der Waals surface area contributed by atoms with E-state index in [9.17, 15) is 22.0 Å². The van der Waals surface area contributed by atoms with Crippen molar-refractivity contribution in [3.05, 3.63) is 42.1 Å². The third-order valence-electron chi connectivity index (χ3n) is 4.59. The summed E-state index contributed by atoms with van der Waals surface area (Å²) in [4.78, 5) is 18.2. The fraction of sp³-hybridized carbons (Fsp3) is 0.294. The van der Waals surface area contributed by atoms with Gasteiger partial charge < -0.3 is 4.90 Å². The van der Waals surface area contributed by atoms with Crippen molar-refractivity contribution in [1.82, 2.24) is 22.9 Å². The SMILES string of the molecule is O=C(c1cccnc1SC(F)F)N1CCN(S(=O)(=O)c2cccc3nsnc23)CC1. The maximum atomic E-state index is 13.1. The molecule has 0 atom stereocenters. The number of pyridine rings is 1. The van der Waals surface area contributed by atoms with Crippen molar-refractivity contribution < 1.29 is 22.0 Å². The standard InChI is InChI=1S/C17H15F2N5O3S3/c18-17(19)28-15-11(3-2-6-20-15)16(25)23-7-9-24(10-8-23)30(26,27)13-5-1-4-12-14(13)22-29-21-12/h1-6,17H,7-10H2. The Labute approximate surface area is 179 Å². The van der Waals surface area contributed by atoms with Crippen LogP contribution in [0, 0.1) is 0 Å². The van der Waals surface area contributed by atoms with Gasteiger partial charge in [-0.1, -0.05) is 6.07 Å². The number of fused-ring (bicyclic) bond motifs is 1. The van der Waals surface area contributed by atoms with Crippen molar-refractivity contribution in [3.63, 3.8) is 0 Å². The molecule has 0 radical (unpaired) electrons. The molecule has 0 bridgehead atoms. The molecule has 1 aromatic carbocycles. The summed E-state index contributed by atoms with van der Waals surface area (Å²) >= 11 is 1.15. The van der Waals surface area contributed by atoms with E-state index in [-0.39, 0.29) is 53.4 Å². The number of aromatic nitrogens is 3. The molecule has 8 nitrogen and oxygen atoms in total. The van der Waals surface area contributed by atoms with E-state index in [1.54, 1.807) is 12.1 Å². The third-order valence-corrected chi connectivity index (χ3v) is 7.79. The van der Waals surface area contributed by atoms with Crippen molar-refractivity contribution in [3.8, 4) is 0 Å². The van der Waals surface area contributed by atoms with Gasteiger partial charge in [0.1, 0.15) is 21.0 Å². The number of alkyl halides is 2. The Hall–Kier alpha value is -2.22. The number of halogens is 2. The van der Waals surface area contributed by atoms with Crippen LogP contribution in [0.15, 0.2) is 46.5 Å². The van der Waals surface area contributed by atoms with Crippen molar-refractivity contribution in [2.45, 2.75) is 15.7 Å². The highest BCUT2D eigenvalue weighted by Crippen LogP contribution is 2.28. The molecule has 0 unspecified atom stereocenters. The Kier molecular flexibility index (Phi) is 5.95. The minimum absolute atomic E-state index is 0.0461. The number of thioether (sulfide) groups is 1. The quantitative estimate of drug-likeness (QED) is 0.528. The van der Waals surface area contributed by atoms with Gasteiger partial charge in [0.2, 0.25) is 10.0 Å². The molecule has 0 saturated carbocycles. The molecule has 0 N–H and O–H groups in total. The highest BCUT2D eigenvalue weighted by atomic mass is 32.2. The molecule has 1 aliphatic heterocycles. The number of nitrogens with zero attached hydrogens (tertiary/aromatic N) is 5. The van der Waals surface area contributed by atoms with Crippen molar-refractivity contribution >= 4 is 50.5 Å². The van der Waals surface area contributed by atoms with Gasteiger partial charge in [0, 0.05) is 32.4 Å². The number of amides is 1. The van der Waals surface area contributed by atoms with Crippen LogP contribution in [0.1, 0.15) is 10.4 Å². The summed E-state index contributed by atoms with van der Waals surface area (Å²) < 4.78 is 61.1. The first-order valence-electron chi connectivity index (χ1n) is 8.78. The molecule has 3 heterocycles. The van der Waals surface area contributed by atoms with Crippen LogP contribution >= 0.6 is 23.5 Å². The van der Waals surface area contributed by atoms with Crippen LogP contribution in [0.5, 0.6) is 0 Å². The first kappa shape index (κ1) is 21.0. The fourth-order valence-corrected chi connectivity index (χ4v) is 5.91. The van der Waals surface area contributed by atoms with Crippen LogP contribution in [0.25, 0.3) is 11.0 Å². The molecule has 158 valence electrons. The van der Waals surface area contributed by atoms with Crippen LogP contribution in [0.3, 0.4) is 0 Å². The minimum Gasteiger partial charge on any atom is -0.336 e. The number of hydrogen-bond donors (Lipinski definition) is 0. The lowest BCUT2D eigenvalue weighted by atomic mass is 10.2. The van der Waals surface area contributed by atoms with Gasteiger partial charge in [0.15, 0.2) is 0 Å². The summed E-state index contributed by atoms with van der Waals surface area (Å²) in [6.45, 7) is 0.438. The predicted molar refractivity (Wildman–Crippen MR) is 108 cm³/mol. The van der Waals surface area contributed by atoms with E-state index in [0.717, 1.165) is 11.7 Å². The molecule has 1 aliphatic rings. The molecule has 13 heteroatoms. The Morgan fingerprint density at radius 3 is 2.60 bits per heavy atom. The Morgan fingerprint density at radius 1 is 1.10 bits per heavy atom. The topological polar surface area (TPSA) is 96.4 Å². The van der Waals surface area contributed by atoms with Gasteiger partial charge in [-0.3, -0.25) is 4.79 Å². The molecule has 0 spiro atoms. The average molecular weight is 472 g/mol. The van der Waals surface area contributed by atoms with E-state index in [4.69, 9.17) is 0 Å². The average Bonchev–Trinajstić information content (AvgIpc) is 3.22. The van der Waals surface area contributed by atoms with Gasteiger partial charge in [-0.2, -0.15) is 21.8 Å². The lowest BCUT2D eigenvalue weighted by Gasteiger charge is -2.34. The molecule has 0 aliphatic carbocycles. The number of benzene rings is 1. The van der Waals surface area contributed by atoms with Crippen molar-refractivity contribution in [2.75, 3.05) is 26.2 Å². The molecule has 3 aromatic rings. The van der Waals surface area contributed by atoms with Gasteiger partial charge in [-0.25, -0.2) is 13.4 Å². The zero-order valence-electron chi connectivity index (χ0n) is 15.3. The number of sulfonamides is 1. The molecule has 1 saturated heterocycles. The Morgan fingerprint density at radius 2 is 1.87 bits per heavy atom. The summed E-state index contributed by atoms with van der Waals surface area (Å²) in [6.07, 6.45) is 1.35. The van der Waals surface area contributed by atoms with Gasteiger partial charge >= 0.3 is 0 Å². The van der Waals surface area contributed by atoms with E-state index in [1.807, 2.05) is 0 Å². The maximum Gasteiger partial charge on any atom is 0.290 e. The largest absolute Gasteiger partial charge is 0.336 e. The summed E-state index contributed by atoms with van der Waals surface area (Å²) in [5, 5.41) is -0.0461. The smallest absolute Gasteiger partial charge is 0.290 e. The van der Waals surface area contributed by atoms with Crippen LogP contribution in [0.2, 0.25) is 0 Å². The van der Waals surface area contributed by atoms with Gasteiger partial charge in [-0.05, 0) is 36.0 Å². The van der Waals surface area contributed by atoms with Crippen LogP contribution < -0.4 is 0 Å². The molecule has 30 heavy (non-hydrogen) atoms. The summed E-state index contributed by atoms with van der Waals surface area (Å²) in [7, 11) is -3.81. The van der Waals surface area contributed by atoms with Gasteiger partial charge in [0.25, 0.3) is 11.7 Å². The van der Waals surface area contributed by atoms with Crippen LogP contribution in [-0.4, -0.2) is 69.2 Å². The monoisotopic (exact) mass is 471 g/mol. The van der Waals surface area contributed by atoms with Crippen molar-refractivity contribution in [1.29, 1.82) is 0 Å². The van der Waals surface area contributed by atoms with E-state index in [2.05, 4.69) is 13.7 Å². The number of hydrogen-bond acceptors (Lipinski definition) is 8. The van der Waals surface area contributed by atoms with Crippen molar-refractivity contribution in [2.24, 2.45) is 0 Å². The predicted octanol–water partition coefficient (Wildman–Crippen LogP) is 2.55.